The fourth-order valence-corrected chi connectivity index (χ4v) is 5.88. The molecule has 1 aromatic carbocycles. The molecule has 0 aliphatic carbocycles. The smallest absolute Gasteiger partial charge is 0.236 e. The summed E-state index contributed by atoms with van der Waals surface area (Å²) in [6, 6.07) is 11.1. The molecule has 0 bridgehead atoms. The quantitative estimate of drug-likeness (QED) is 0.684. The predicted molar refractivity (Wildman–Crippen MR) is 130 cm³/mol. The van der Waals surface area contributed by atoms with Gasteiger partial charge in [0.1, 0.15) is 0 Å². The number of amides is 2. The molecule has 0 saturated carbocycles. The Morgan fingerprint density at radius 1 is 1.06 bits per heavy atom. The Balaban J connectivity index is 1.45. The molecule has 0 spiro atoms. The molecule has 2 aliphatic rings. The van der Waals surface area contributed by atoms with Crippen molar-refractivity contribution in [3.05, 3.63) is 57.3 Å². The Hall–Kier alpha value is -2.18. The van der Waals surface area contributed by atoms with Crippen molar-refractivity contribution in [2.24, 2.45) is 5.92 Å². The summed E-state index contributed by atoms with van der Waals surface area (Å²) in [4.78, 5) is 33.6. The number of fused-ring (bicyclic) bond motifs is 1. The van der Waals surface area contributed by atoms with Gasteiger partial charge in [-0.05, 0) is 48.8 Å². The average molecular weight is 454 g/mol. The minimum Gasteiger partial charge on any atom is -0.338 e. The van der Waals surface area contributed by atoms with Gasteiger partial charge in [-0.1, -0.05) is 43.7 Å². The van der Waals surface area contributed by atoms with Crippen LogP contribution in [0.1, 0.15) is 54.8 Å². The lowest BCUT2D eigenvalue weighted by Crippen LogP contribution is -2.57. The number of aryl methyl sites for hydroxylation is 1. The third kappa shape index (κ3) is 4.91. The first kappa shape index (κ1) is 23.0. The Morgan fingerprint density at radius 3 is 2.50 bits per heavy atom. The molecular weight excluding hydrogens is 418 g/mol. The van der Waals surface area contributed by atoms with Crippen molar-refractivity contribution in [1.82, 2.24) is 14.7 Å². The van der Waals surface area contributed by atoms with Crippen LogP contribution < -0.4 is 0 Å². The molecule has 4 rings (SSSR count). The highest BCUT2D eigenvalue weighted by atomic mass is 32.1. The number of nitrogens with zero attached hydrogens (tertiary/aromatic N) is 3. The maximum absolute atomic E-state index is 13.3. The van der Waals surface area contributed by atoms with Gasteiger partial charge in [-0.15, -0.1) is 11.3 Å². The normalized spacial score (nSPS) is 21.7. The van der Waals surface area contributed by atoms with Crippen molar-refractivity contribution in [2.75, 3.05) is 32.7 Å². The second-order valence-corrected chi connectivity index (χ2v) is 10.7. The van der Waals surface area contributed by atoms with Crippen LogP contribution >= 0.6 is 11.3 Å². The fourth-order valence-electron chi connectivity index (χ4n) is 4.97. The summed E-state index contributed by atoms with van der Waals surface area (Å²) in [5, 5.41) is 2.17. The van der Waals surface area contributed by atoms with Gasteiger partial charge < -0.3 is 9.80 Å². The van der Waals surface area contributed by atoms with E-state index in [1.165, 1.54) is 21.6 Å². The second-order valence-electron chi connectivity index (χ2n) is 9.71. The zero-order valence-corrected chi connectivity index (χ0v) is 20.5. The number of thiophene rings is 1. The zero-order valence-electron chi connectivity index (χ0n) is 19.7. The lowest BCUT2D eigenvalue weighted by atomic mass is 9.92. The highest BCUT2D eigenvalue weighted by molar-refractivity contribution is 7.10. The molecule has 0 unspecified atom stereocenters. The number of hydrogen-bond donors (Lipinski definition) is 0. The van der Waals surface area contributed by atoms with Crippen LogP contribution in [0.4, 0.5) is 0 Å². The molecule has 5 nitrogen and oxygen atoms in total. The third-order valence-corrected chi connectivity index (χ3v) is 7.68. The van der Waals surface area contributed by atoms with E-state index in [2.05, 4.69) is 68.3 Å². The van der Waals surface area contributed by atoms with E-state index in [9.17, 15) is 9.59 Å². The zero-order chi connectivity index (χ0) is 22.8. The van der Waals surface area contributed by atoms with E-state index >= 15 is 0 Å². The average Bonchev–Trinajstić information content (AvgIpc) is 3.22. The summed E-state index contributed by atoms with van der Waals surface area (Å²) in [6.45, 7) is 11.5. The van der Waals surface area contributed by atoms with Crippen LogP contribution in [0, 0.1) is 12.8 Å². The molecule has 32 heavy (non-hydrogen) atoms. The molecule has 2 aromatic rings. The van der Waals surface area contributed by atoms with Gasteiger partial charge in [0.25, 0.3) is 0 Å². The van der Waals surface area contributed by atoms with Gasteiger partial charge in [0.2, 0.25) is 11.8 Å². The van der Waals surface area contributed by atoms with E-state index in [1.54, 1.807) is 0 Å². The van der Waals surface area contributed by atoms with Crippen LogP contribution in [0.2, 0.25) is 0 Å². The van der Waals surface area contributed by atoms with Crippen molar-refractivity contribution in [2.45, 2.75) is 52.6 Å². The molecule has 2 aliphatic heterocycles. The first-order valence-corrected chi connectivity index (χ1v) is 12.7. The molecule has 172 valence electrons. The molecule has 1 saturated heterocycles. The third-order valence-electron chi connectivity index (χ3n) is 6.68. The first-order chi connectivity index (χ1) is 15.3. The highest BCUT2D eigenvalue weighted by Gasteiger charge is 2.34. The summed E-state index contributed by atoms with van der Waals surface area (Å²) in [7, 11) is 0. The molecule has 2 amide bonds. The van der Waals surface area contributed by atoms with Crippen molar-refractivity contribution >= 4 is 23.2 Å². The van der Waals surface area contributed by atoms with Crippen LogP contribution in [0.3, 0.4) is 0 Å². The minimum absolute atomic E-state index is 0.0664. The van der Waals surface area contributed by atoms with Gasteiger partial charge in [0.15, 0.2) is 0 Å². The van der Waals surface area contributed by atoms with E-state index in [0.29, 0.717) is 38.5 Å². The molecule has 6 heteroatoms. The number of carbonyl (C=O) groups excluding carboxylic acids is 2. The van der Waals surface area contributed by atoms with E-state index in [0.717, 1.165) is 13.0 Å². The lowest BCUT2D eigenvalue weighted by Gasteiger charge is -2.42. The SMILES string of the molecule is Cc1ccc([C@H]2c3ccsc3CCN2CC(=O)N2CCN(C(=O)CC(C)C)[C@@H](C)C2)cc1. The fraction of sp³-hybridized carbons (Fsp3) is 0.538. The van der Waals surface area contributed by atoms with Gasteiger partial charge >= 0.3 is 0 Å². The van der Waals surface area contributed by atoms with Gasteiger partial charge in [-0.3, -0.25) is 14.5 Å². The van der Waals surface area contributed by atoms with E-state index in [1.807, 2.05) is 21.1 Å². The molecule has 1 fully saturated rings. The summed E-state index contributed by atoms with van der Waals surface area (Å²) in [5.74, 6) is 0.734. The van der Waals surface area contributed by atoms with Crippen LogP contribution in [-0.4, -0.2) is 65.3 Å². The number of rotatable bonds is 5. The van der Waals surface area contributed by atoms with Gasteiger partial charge in [-0.25, -0.2) is 0 Å². The summed E-state index contributed by atoms with van der Waals surface area (Å²) in [5.41, 5.74) is 3.84. The topological polar surface area (TPSA) is 43.9 Å². The molecule has 0 radical (unpaired) electrons. The Kier molecular flexibility index (Phi) is 7.01. The van der Waals surface area contributed by atoms with Crippen molar-refractivity contribution < 1.29 is 9.59 Å². The van der Waals surface area contributed by atoms with Gasteiger partial charge in [0.05, 0.1) is 12.6 Å². The maximum Gasteiger partial charge on any atom is 0.236 e. The molecular formula is C26H35N3O2S. The minimum atomic E-state index is 0.0664. The van der Waals surface area contributed by atoms with Gasteiger partial charge in [-0.2, -0.15) is 0 Å². The summed E-state index contributed by atoms with van der Waals surface area (Å²) >= 11 is 1.82. The highest BCUT2D eigenvalue weighted by Crippen LogP contribution is 2.37. The maximum atomic E-state index is 13.3. The number of piperazine rings is 1. The Labute approximate surface area is 196 Å². The van der Waals surface area contributed by atoms with Crippen molar-refractivity contribution in [1.29, 1.82) is 0 Å². The van der Waals surface area contributed by atoms with Crippen LogP contribution in [0.25, 0.3) is 0 Å². The monoisotopic (exact) mass is 453 g/mol. The number of hydrogen-bond acceptors (Lipinski definition) is 4. The summed E-state index contributed by atoms with van der Waals surface area (Å²) < 4.78 is 0. The summed E-state index contributed by atoms with van der Waals surface area (Å²) in [6.07, 6.45) is 1.57. The largest absolute Gasteiger partial charge is 0.338 e. The van der Waals surface area contributed by atoms with Crippen LogP contribution in [0.15, 0.2) is 35.7 Å². The lowest BCUT2D eigenvalue weighted by molar-refractivity contribution is -0.143. The molecule has 0 N–H and O–H groups in total. The first-order valence-electron chi connectivity index (χ1n) is 11.8. The van der Waals surface area contributed by atoms with Crippen LogP contribution in [-0.2, 0) is 16.0 Å². The standard InChI is InChI=1S/C26H35N3O2S/c1-18(2)15-24(30)29-13-12-27(16-20(29)4)25(31)17-28-11-9-23-22(10-14-32-23)26(28)21-7-5-19(3)6-8-21/h5-8,10,14,18,20,26H,9,11-13,15-17H2,1-4H3/t20-,26-/m0/s1. The van der Waals surface area contributed by atoms with E-state index in [-0.39, 0.29) is 23.9 Å². The molecule has 3 heterocycles. The number of benzene rings is 1. The van der Waals surface area contributed by atoms with Crippen molar-refractivity contribution in [3.63, 3.8) is 0 Å². The molecule has 2 atom stereocenters. The molecule has 1 aromatic heterocycles. The van der Waals surface area contributed by atoms with E-state index < -0.39 is 0 Å². The number of carbonyl (C=O) groups is 2. The Bertz CT molecular complexity index is 952. The van der Waals surface area contributed by atoms with Crippen LogP contribution in [0.5, 0.6) is 0 Å². The van der Waals surface area contributed by atoms with E-state index in [4.69, 9.17) is 0 Å². The predicted octanol–water partition coefficient (Wildman–Crippen LogP) is 4.11. The second kappa shape index (κ2) is 9.75. The Morgan fingerprint density at radius 2 is 1.81 bits per heavy atom. The van der Waals surface area contributed by atoms with Gasteiger partial charge in [0, 0.05) is 43.5 Å². The van der Waals surface area contributed by atoms with Crippen molar-refractivity contribution in [3.8, 4) is 0 Å².